The molecule has 0 saturated carbocycles. The van der Waals surface area contributed by atoms with E-state index in [1.54, 1.807) is 35.8 Å². The molecule has 0 spiro atoms. The number of nitrogens with zero attached hydrogens (tertiary/aromatic N) is 3. The summed E-state index contributed by atoms with van der Waals surface area (Å²) in [5, 5.41) is 7.20. The van der Waals surface area contributed by atoms with Crippen LogP contribution in [0.5, 0.6) is 11.5 Å². The number of para-hydroxylation sites is 1. The third-order valence-corrected chi connectivity index (χ3v) is 10.9. The molecule has 4 aromatic rings. The van der Waals surface area contributed by atoms with Gasteiger partial charge >= 0.3 is 5.97 Å². The van der Waals surface area contributed by atoms with Gasteiger partial charge in [0.15, 0.2) is 6.49 Å². The molecule has 1 aliphatic rings. The van der Waals surface area contributed by atoms with Crippen molar-refractivity contribution in [3.8, 4) is 11.5 Å². The molecule has 2 amide bonds. The van der Waals surface area contributed by atoms with Gasteiger partial charge in [0.25, 0.3) is 0 Å². The van der Waals surface area contributed by atoms with Crippen LogP contribution in [0.4, 0.5) is 5.69 Å². The van der Waals surface area contributed by atoms with Gasteiger partial charge in [-0.2, -0.15) is 5.10 Å². The summed E-state index contributed by atoms with van der Waals surface area (Å²) in [7, 11) is 0. The maximum absolute atomic E-state index is 13.9. The highest BCUT2D eigenvalue weighted by Crippen LogP contribution is 2.37. The number of benzene rings is 4. The fourth-order valence-corrected chi connectivity index (χ4v) is 7.68. The number of nitrogens with one attached hydrogen (secondary N) is 1. The monoisotopic (exact) mass is 867 g/mol. The zero-order chi connectivity index (χ0) is 43.6. The van der Waals surface area contributed by atoms with Gasteiger partial charge in [0.1, 0.15) is 23.8 Å². The lowest BCUT2D eigenvalue weighted by Crippen LogP contribution is -2.36. The summed E-state index contributed by atoms with van der Waals surface area (Å²) in [5.41, 5.74) is 5.72. The molecule has 4 N–H and O–H groups in total. The van der Waals surface area contributed by atoms with Crippen molar-refractivity contribution in [3.63, 3.8) is 0 Å². The van der Waals surface area contributed by atoms with Gasteiger partial charge in [-0.3, -0.25) is 14.6 Å². The Balaban J connectivity index is 1.14. The van der Waals surface area contributed by atoms with Crippen molar-refractivity contribution in [2.24, 2.45) is 21.9 Å². The van der Waals surface area contributed by atoms with Crippen LogP contribution in [0.15, 0.2) is 107 Å². The molecule has 324 valence electrons. The van der Waals surface area contributed by atoms with E-state index in [1.807, 2.05) is 72.8 Å². The van der Waals surface area contributed by atoms with Crippen molar-refractivity contribution in [1.29, 1.82) is 0 Å². The standard InChI is InChI=1S/C47H58N5O7PS/c1-34(2)32-35-20-24-39(25-21-35)59-47(55)36-22-26-38(27-23-36)57-31-29-50-45-40-15-7-6-14-37(40)33-52(42-17-9-8-16-41(42)46(45)51-48)44(54)19-11-10-18-43(53)49-28-12-4-5-13-30-58-60(3,56)61/h6-9,14-17,20-27,34H,4-5,10-13,18-19,28-33,48H2,1-3H3,(H,49,53)(H,56,61). The molecule has 0 aliphatic carbocycles. The summed E-state index contributed by atoms with van der Waals surface area (Å²) in [5.74, 6) is 7.19. The Morgan fingerprint density at radius 2 is 1.49 bits per heavy atom. The van der Waals surface area contributed by atoms with E-state index in [2.05, 4.69) is 24.3 Å². The molecule has 1 heterocycles. The summed E-state index contributed by atoms with van der Waals surface area (Å²) in [4.78, 5) is 55.5. The lowest BCUT2D eigenvalue weighted by molar-refractivity contribution is -0.122. The molecule has 0 bridgehead atoms. The second-order valence-electron chi connectivity index (χ2n) is 15.5. The summed E-state index contributed by atoms with van der Waals surface area (Å²) >= 11 is 4.88. The molecule has 1 atom stereocenters. The second kappa shape index (κ2) is 23.7. The highest BCUT2D eigenvalue weighted by molar-refractivity contribution is 8.09. The number of aliphatic imine (C=N–C) groups is 1. The topological polar surface area (TPSA) is 165 Å². The molecule has 14 heteroatoms. The molecule has 1 aliphatic heterocycles. The van der Waals surface area contributed by atoms with Crippen molar-refractivity contribution in [3.05, 3.63) is 125 Å². The number of unbranched alkanes of at least 4 members (excludes halogenated alkanes) is 4. The lowest BCUT2D eigenvalue weighted by atomic mass is 9.91. The molecule has 0 aromatic heterocycles. The summed E-state index contributed by atoms with van der Waals surface area (Å²) < 4.78 is 16.8. The van der Waals surface area contributed by atoms with Crippen LogP contribution in [0.3, 0.4) is 0 Å². The first-order valence-electron chi connectivity index (χ1n) is 21.0. The van der Waals surface area contributed by atoms with Gasteiger partial charge in [0, 0.05) is 37.2 Å². The van der Waals surface area contributed by atoms with Crippen molar-refractivity contribution in [2.45, 2.75) is 78.2 Å². The largest absolute Gasteiger partial charge is 0.492 e. The Labute approximate surface area is 364 Å². The number of hydrazone groups is 1. The maximum atomic E-state index is 13.9. The highest BCUT2D eigenvalue weighted by Gasteiger charge is 2.28. The minimum atomic E-state index is -2.60. The zero-order valence-corrected chi connectivity index (χ0v) is 37.1. The van der Waals surface area contributed by atoms with Gasteiger partial charge in [-0.1, -0.05) is 81.3 Å². The molecule has 4 aromatic carbocycles. The van der Waals surface area contributed by atoms with Crippen molar-refractivity contribution in [1.82, 2.24) is 5.32 Å². The van der Waals surface area contributed by atoms with Gasteiger partial charge in [-0.15, -0.1) is 0 Å². The number of nitrogens with two attached hydrogens (primary N) is 1. The number of ether oxygens (including phenoxy) is 2. The van der Waals surface area contributed by atoms with Crippen molar-refractivity contribution >= 4 is 53.2 Å². The molecular weight excluding hydrogens is 810 g/mol. The van der Waals surface area contributed by atoms with Crippen LogP contribution in [-0.4, -0.2) is 67.1 Å². The van der Waals surface area contributed by atoms with Gasteiger partial charge in [-0.25, -0.2) is 4.79 Å². The van der Waals surface area contributed by atoms with E-state index < -0.39 is 12.5 Å². The Morgan fingerprint density at radius 3 is 2.21 bits per heavy atom. The minimum absolute atomic E-state index is 0.0243. The van der Waals surface area contributed by atoms with Gasteiger partial charge in [0.05, 0.1) is 36.7 Å². The van der Waals surface area contributed by atoms with Crippen LogP contribution in [0.2, 0.25) is 0 Å². The Hall–Kier alpha value is -5.20. The molecule has 1 unspecified atom stereocenters. The summed E-state index contributed by atoms with van der Waals surface area (Å²) in [6.45, 7) is 5.18. The van der Waals surface area contributed by atoms with Crippen molar-refractivity contribution in [2.75, 3.05) is 37.9 Å². The Morgan fingerprint density at radius 1 is 0.820 bits per heavy atom. The van der Waals surface area contributed by atoms with Gasteiger partial charge in [0.2, 0.25) is 11.8 Å². The Bertz CT molecular complexity index is 2190. The smallest absolute Gasteiger partial charge is 0.343 e. The molecule has 61 heavy (non-hydrogen) atoms. The summed E-state index contributed by atoms with van der Waals surface area (Å²) in [6.07, 6.45) is 6.29. The van der Waals surface area contributed by atoms with E-state index in [1.165, 1.54) is 5.56 Å². The average molecular weight is 868 g/mol. The minimum Gasteiger partial charge on any atom is -0.492 e. The van der Waals surface area contributed by atoms with E-state index in [4.69, 9.17) is 36.6 Å². The number of anilines is 1. The predicted molar refractivity (Wildman–Crippen MR) is 246 cm³/mol. The van der Waals surface area contributed by atoms with E-state index in [-0.39, 0.29) is 31.4 Å². The molecule has 0 saturated heterocycles. The summed E-state index contributed by atoms with van der Waals surface area (Å²) in [6, 6.07) is 29.7. The fraction of sp³-hybridized carbons (Fsp3) is 0.383. The quantitative estimate of drug-likeness (QED) is 0.0186. The second-order valence-corrected chi connectivity index (χ2v) is 19.4. The molecular formula is C47H58N5O7PS. The number of amides is 2. The number of carbonyl (C=O) groups is 3. The van der Waals surface area contributed by atoms with Crippen LogP contribution in [0, 0.1) is 5.92 Å². The zero-order valence-electron chi connectivity index (χ0n) is 35.4. The maximum Gasteiger partial charge on any atom is 0.343 e. The third-order valence-electron chi connectivity index (χ3n) is 9.97. The van der Waals surface area contributed by atoms with Gasteiger partial charge in [-0.05, 0) is 103 Å². The lowest BCUT2D eigenvalue weighted by Gasteiger charge is -2.30. The van der Waals surface area contributed by atoms with E-state index in [0.717, 1.165) is 43.2 Å². The van der Waals surface area contributed by atoms with Gasteiger partial charge < -0.3 is 35.0 Å². The molecule has 0 fully saturated rings. The van der Waals surface area contributed by atoms with E-state index in [0.29, 0.717) is 84.6 Å². The van der Waals surface area contributed by atoms with Crippen LogP contribution in [0.25, 0.3) is 0 Å². The average Bonchev–Trinajstić information content (AvgIpc) is 3.23. The van der Waals surface area contributed by atoms with Crippen LogP contribution < -0.4 is 25.5 Å². The first-order valence-corrected chi connectivity index (χ1v) is 24.1. The Kier molecular flexibility index (Phi) is 18.2. The van der Waals surface area contributed by atoms with Crippen molar-refractivity contribution < 1.29 is 33.3 Å². The third kappa shape index (κ3) is 15.0. The predicted octanol–water partition coefficient (Wildman–Crippen LogP) is 8.37. The van der Waals surface area contributed by atoms with Crippen LogP contribution in [0.1, 0.15) is 97.8 Å². The normalized spacial score (nSPS) is 14.7. The number of esters is 1. The number of fused-ring (bicyclic) bond motifs is 2. The first kappa shape index (κ1) is 46.9. The highest BCUT2D eigenvalue weighted by atomic mass is 32.5. The number of hydrogen-bond donors (Lipinski definition) is 3. The number of rotatable bonds is 21. The number of carbonyl (C=O) groups excluding carboxylic acids is 3. The van der Waals surface area contributed by atoms with E-state index in [9.17, 15) is 19.3 Å². The van der Waals surface area contributed by atoms with E-state index >= 15 is 0 Å². The van der Waals surface area contributed by atoms with Crippen LogP contribution in [-0.2, 0) is 38.9 Å². The molecule has 5 rings (SSSR count). The van der Waals surface area contributed by atoms with Crippen LogP contribution >= 0.6 is 6.49 Å². The molecule has 12 nitrogen and oxygen atoms in total. The molecule has 0 radical (unpaired) electrons. The number of hydrogen-bond acceptors (Lipinski definition) is 10. The first-order chi connectivity index (χ1) is 29.4. The SMILES string of the molecule is CC(C)Cc1ccc(OC(=O)c2ccc(OCCN=C3C(=NN)c4ccccc4N(C(=O)CCCCC(=O)NCCCCCCOP(C)(O)=S)Cc4ccccc43)cc2)cc1. The fourth-order valence-electron chi connectivity index (χ4n) is 6.99.